The van der Waals surface area contributed by atoms with Gasteiger partial charge < -0.3 is 0 Å². The molecular formula is C7H10. The highest BCUT2D eigenvalue weighted by atomic mass is 14.2. The van der Waals surface area contributed by atoms with E-state index in [-0.39, 0.29) is 0 Å². The van der Waals surface area contributed by atoms with Gasteiger partial charge in [-0.2, -0.15) is 0 Å². The van der Waals surface area contributed by atoms with Crippen molar-refractivity contribution in [1.82, 2.24) is 0 Å². The second kappa shape index (κ2) is 1.22. The van der Waals surface area contributed by atoms with Crippen LogP contribution >= 0.6 is 0 Å². The van der Waals surface area contributed by atoms with Gasteiger partial charge in [-0.15, -0.1) is 0 Å². The van der Waals surface area contributed by atoms with E-state index in [0.717, 1.165) is 0 Å². The number of rotatable bonds is 0. The van der Waals surface area contributed by atoms with Gasteiger partial charge in [-0.3, -0.25) is 0 Å². The van der Waals surface area contributed by atoms with Gasteiger partial charge in [0.1, 0.15) is 0 Å². The molecule has 1 atom stereocenters. The Hall–Kier alpha value is -0.520. The Morgan fingerprint density at radius 1 is 1.71 bits per heavy atom. The lowest BCUT2D eigenvalue weighted by atomic mass is 9.83. The smallest absolute Gasteiger partial charge is 0.00143 e. The molecule has 0 nitrogen and oxygen atoms in total. The summed E-state index contributed by atoms with van der Waals surface area (Å²) in [6.45, 7) is 8.13. The molecule has 0 saturated heterocycles. The molecule has 0 radical (unpaired) electrons. The minimum absolute atomic E-state index is 0.667. The minimum atomic E-state index is 0.667. The van der Waals surface area contributed by atoms with Crippen molar-refractivity contribution in [2.45, 2.75) is 13.8 Å². The molecule has 0 aliphatic heterocycles. The third-order valence-corrected chi connectivity index (χ3v) is 1.65. The van der Waals surface area contributed by atoms with E-state index in [1.807, 2.05) is 0 Å². The fourth-order valence-electron chi connectivity index (χ4n) is 0.739. The molecule has 0 saturated carbocycles. The molecule has 38 valence electrons. The summed E-state index contributed by atoms with van der Waals surface area (Å²) in [4.78, 5) is 0. The summed E-state index contributed by atoms with van der Waals surface area (Å²) < 4.78 is 0. The fraction of sp³-hybridized carbons (Fsp3) is 0.429. The normalized spacial score (nSPS) is 29.1. The predicted molar refractivity (Wildman–Crippen MR) is 32.1 cm³/mol. The second-order valence-electron chi connectivity index (χ2n) is 2.18. The Balaban J connectivity index is 2.75. The highest BCUT2D eigenvalue weighted by molar-refractivity contribution is 5.38. The van der Waals surface area contributed by atoms with Crippen LogP contribution in [0.1, 0.15) is 13.8 Å². The highest BCUT2D eigenvalue weighted by Crippen LogP contribution is 2.29. The van der Waals surface area contributed by atoms with Gasteiger partial charge in [0.25, 0.3) is 0 Å². The lowest BCUT2D eigenvalue weighted by molar-refractivity contribution is 0.767. The van der Waals surface area contributed by atoms with E-state index >= 15 is 0 Å². The Kier molecular flexibility index (Phi) is 0.810. The first-order chi connectivity index (χ1) is 3.22. The van der Waals surface area contributed by atoms with Gasteiger partial charge in [0.05, 0.1) is 0 Å². The summed E-state index contributed by atoms with van der Waals surface area (Å²) in [5, 5.41) is 0. The van der Waals surface area contributed by atoms with Crippen LogP contribution in [0, 0.1) is 5.92 Å². The van der Waals surface area contributed by atoms with Crippen LogP contribution in [0.15, 0.2) is 23.8 Å². The van der Waals surface area contributed by atoms with Gasteiger partial charge >= 0.3 is 0 Å². The van der Waals surface area contributed by atoms with Crippen LogP contribution < -0.4 is 0 Å². The summed E-state index contributed by atoms with van der Waals surface area (Å²) in [5.41, 5.74) is 2.74. The van der Waals surface area contributed by atoms with Gasteiger partial charge in [0.2, 0.25) is 0 Å². The first kappa shape index (κ1) is 4.63. The van der Waals surface area contributed by atoms with E-state index < -0.39 is 0 Å². The third kappa shape index (κ3) is 0.504. The van der Waals surface area contributed by atoms with Crippen LogP contribution in [0.25, 0.3) is 0 Å². The monoisotopic (exact) mass is 94.1 g/mol. The molecule has 7 heavy (non-hydrogen) atoms. The maximum absolute atomic E-state index is 3.82. The summed E-state index contributed by atoms with van der Waals surface area (Å²) in [7, 11) is 0. The molecule has 1 aliphatic carbocycles. The molecule has 0 aromatic carbocycles. The first-order valence-electron chi connectivity index (χ1n) is 2.59. The zero-order valence-electron chi connectivity index (χ0n) is 4.86. The molecule has 1 rings (SSSR count). The maximum atomic E-state index is 3.82. The van der Waals surface area contributed by atoms with E-state index in [2.05, 4.69) is 26.5 Å². The number of hydrogen-bond donors (Lipinski definition) is 0. The van der Waals surface area contributed by atoms with Crippen molar-refractivity contribution in [3.8, 4) is 0 Å². The topological polar surface area (TPSA) is 0 Å². The lowest BCUT2D eigenvalue weighted by Gasteiger charge is -2.22. The standard InChI is InChI=1S/C7H10/c1-5-4-6(2)7(5)3/h4,7H,1H2,2-3H3. The molecule has 1 aliphatic rings. The van der Waals surface area contributed by atoms with Crippen LogP contribution in [-0.4, -0.2) is 0 Å². The van der Waals surface area contributed by atoms with Crippen molar-refractivity contribution in [2.24, 2.45) is 5.92 Å². The van der Waals surface area contributed by atoms with E-state index in [9.17, 15) is 0 Å². The molecule has 0 fully saturated rings. The number of hydrogen-bond acceptors (Lipinski definition) is 0. The van der Waals surface area contributed by atoms with Crippen molar-refractivity contribution in [1.29, 1.82) is 0 Å². The second-order valence-corrected chi connectivity index (χ2v) is 2.18. The van der Waals surface area contributed by atoms with E-state index in [1.54, 1.807) is 0 Å². The van der Waals surface area contributed by atoms with Crippen LogP contribution in [-0.2, 0) is 0 Å². The van der Waals surface area contributed by atoms with Crippen LogP contribution in [0.5, 0.6) is 0 Å². The van der Waals surface area contributed by atoms with E-state index in [1.165, 1.54) is 11.1 Å². The van der Waals surface area contributed by atoms with Gasteiger partial charge in [0, 0.05) is 5.92 Å². The molecule has 0 amide bonds. The molecule has 0 heteroatoms. The molecular weight excluding hydrogens is 84.1 g/mol. The summed E-state index contributed by atoms with van der Waals surface area (Å²) in [6.07, 6.45) is 2.13. The van der Waals surface area contributed by atoms with Crippen LogP contribution in [0.4, 0.5) is 0 Å². The van der Waals surface area contributed by atoms with Gasteiger partial charge in [-0.25, -0.2) is 0 Å². The van der Waals surface area contributed by atoms with E-state index in [4.69, 9.17) is 0 Å². The molecule has 0 spiro atoms. The molecule has 0 bridgehead atoms. The Morgan fingerprint density at radius 3 is 2.29 bits per heavy atom. The molecule has 0 aromatic heterocycles. The van der Waals surface area contributed by atoms with Crippen molar-refractivity contribution in [3.63, 3.8) is 0 Å². The molecule has 0 N–H and O–H groups in total. The largest absolute Gasteiger partial charge is 0.0952 e. The van der Waals surface area contributed by atoms with Gasteiger partial charge in [-0.1, -0.05) is 25.2 Å². The van der Waals surface area contributed by atoms with Crippen LogP contribution in [0.2, 0.25) is 0 Å². The van der Waals surface area contributed by atoms with Crippen molar-refractivity contribution >= 4 is 0 Å². The third-order valence-electron chi connectivity index (χ3n) is 1.65. The van der Waals surface area contributed by atoms with E-state index in [0.29, 0.717) is 5.92 Å². The van der Waals surface area contributed by atoms with Gasteiger partial charge in [0.15, 0.2) is 0 Å². The quantitative estimate of drug-likeness (QED) is 0.431. The van der Waals surface area contributed by atoms with Crippen molar-refractivity contribution in [2.75, 3.05) is 0 Å². The minimum Gasteiger partial charge on any atom is -0.0952 e. The van der Waals surface area contributed by atoms with Crippen molar-refractivity contribution in [3.05, 3.63) is 23.8 Å². The highest BCUT2D eigenvalue weighted by Gasteiger charge is 2.14. The lowest BCUT2D eigenvalue weighted by Crippen LogP contribution is -2.07. The Bertz CT molecular complexity index is 129. The van der Waals surface area contributed by atoms with Crippen molar-refractivity contribution < 1.29 is 0 Å². The van der Waals surface area contributed by atoms with Gasteiger partial charge in [-0.05, 0) is 12.5 Å². The molecule has 0 aromatic rings. The maximum Gasteiger partial charge on any atom is 0.00143 e. The predicted octanol–water partition coefficient (Wildman–Crippen LogP) is 2.14. The van der Waals surface area contributed by atoms with Crippen LogP contribution in [0.3, 0.4) is 0 Å². The summed E-state index contributed by atoms with van der Waals surface area (Å²) in [5.74, 6) is 0.667. The average Bonchev–Trinajstić information content (AvgIpc) is 1.68. The Morgan fingerprint density at radius 2 is 2.29 bits per heavy atom. The first-order valence-corrected chi connectivity index (χ1v) is 2.59. The molecule has 0 heterocycles. The Labute approximate surface area is 44.5 Å². The zero-order chi connectivity index (χ0) is 5.44. The number of allylic oxidation sites excluding steroid dienone is 3. The zero-order valence-corrected chi connectivity index (χ0v) is 4.86. The SMILES string of the molecule is C=C1C=C(C)C1C. The molecule has 1 unspecified atom stereocenters. The summed E-state index contributed by atoms with van der Waals surface area (Å²) >= 11 is 0. The average molecular weight is 94.2 g/mol. The fourth-order valence-corrected chi connectivity index (χ4v) is 0.739. The summed E-state index contributed by atoms with van der Waals surface area (Å²) in [6, 6.07) is 0.